The van der Waals surface area contributed by atoms with E-state index in [-0.39, 0.29) is 17.9 Å². The molecule has 3 rings (SSSR count). The second kappa shape index (κ2) is 6.40. The van der Waals surface area contributed by atoms with Gasteiger partial charge in [-0.2, -0.15) is 11.3 Å². The Morgan fingerprint density at radius 1 is 1.43 bits per heavy atom. The van der Waals surface area contributed by atoms with Crippen LogP contribution in [0.15, 0.2) is 16.8 Å². The number of hydrogen-bond acceptors (Lipinski definition) is 4. The van der Waals surface area contributed by atoms with Crippen LogP contribution in [0.5, 0.6) is 0 Å². The van der Waals surface area contributed by atoms with Gasteiger partial charge in [0, 0.05) is 24.8 Å². The molecule has 1 aromatic rings. The molecule has 1 atom stereocenters. The van der Waals surface area contributed by atoms with E-state index in [1.54, 1.807) is 28.0 Å². The van der Waals surface area contributed by atoms with E-state index in [0.29, 0.717) is 24.9 Å². The van der Waals surface area contributed by atoms with E-state index >= 15 is 0 Å². The minimum absolute atomic E-state index is 0.0876. The Balaban J connectivity index is 1.73. The summed E-state index contributed by atoms with van der Waals surface area (Å²) in [5.41, 5.74) is 1.19. The van der Waals surface area contributed by atoms with E-state index in [0.717, 1.165) is 18.6 Å². The third-order valence-corrected chi connectivity index (χ3v) is 5.74. The number of carbonyl (C=O) groups is 2. The van der Waals surface area contributed by atoms with Crippen molar-refractivity contribution >= 4 is 34.9 Å². The molecule has 2 fully saturated rings. The fraction of sp³-hybridized carbons (Fsp3) is 0.600. The highest BCUT2D eigenvalue weighted by Gasteiger charge is 2.41. The van der Waals surface area contributed by atoms with Gasteiger partial charge in [-0.1, -0.05) is 6.92 Å². The van der Waals surface area contributed by atoms with Crippen LogP contribution in [0.25, 0.3) is 0 Å². The number of rotatable bonds is 5. The normalized spacial score (nSPS) is 21.6. The Morgan fingerprint density at radius 2 is 2.24 bits per heavy atom. The lowest BCUT2D eigenvalue weighted by atomic mass is 10.2. The molecule has 0 bridgehead atoms. The first-order valence-electron chi connectivity index (χ1n) is 7.39. The standard InChI is InChI=1S/C15H20N2O2S2/c1-2-14(18)17-10-21-9-13(17)15(19)16(12-3-4-12)7-11-5-6-20-8-11/h5-6,8,12-13H,2-4,7,9-10H2,1H3. The third kappa shape index (κ3) is 3.26. The van der Waals surface area contributed by atoms with Gasteiger partial charge in [-0.15, -0.1) is 11.8 Å². The van der Waals surface area contributed by atoms with Crippen molar-refractivity contribution in [2.45, 2.75) is 44.8 Å². The minimum atomic E-state index is -0.262. The highest BCUT2D eigenvalue weighted by atomic mass is 32.2. The first-order chi connectivity index (χ1) is 10.2. The summed E-state index contributed by atoms with van der Waals surface area (Å²) in [4.78, 5) is 28.7. The van der Waals surface area contributed by atoms with Crippen LogP contribution in [-0.4, -0.2) is 45.3 Å². The van der Waals surface area contributed by atoms with Crippen molar-refractivity contribution < 1.29 is 9.59 Å². The van der Waals surface area contributed by atoms with Gasteiger partial charge in [0.1, 0.15) is 6.04 Å². The molecule has 0 aromatic carbocycles. The van der Waals surface area contributed by atoms with Crippen LogP contribution in [0.4, 0.5) is 0 Å². The van der Waals surface area contributed by atoms with Gasteiger partial charge in [0.05, 0.1) is 5.88 Å². The SMILES string of the molecule is CCC(=O)N1CSCC1C(=O)N(Cc1ccsc1)C1CC1. The molecule has 1 saturated heterocycles. The molecule has 0 radical (unpaired) electrons. The summed E-state index contributed by atoms with van der Waals surface area (Å²) in [5.74, 6) is 1.61. The van der Waals surface area contributed by atoms with Crippen molar-refractivity contribution in [2.75, 3.05) is 11.6 Å². The Morgan fingerprint density at radius 3 is 2.86 bits per heavy atom. The van der Waals surface area contributed by atoms with Crippen LogP contribution < -0.4 is 0 Å². The molecule has 1 saturated carbocycles. The highest BCUT2D eigenvalue weighted by Crippen LogP contribution is 2.32. The fourth-order valence-electron chi connectivity index (χ4n) is 2.64. The van der Waals surface area contributed by atoms with Gasteiger partial charge in [-0.25, -0.2) is 0 Å². The summed E-state index contributed by atoms with van der Waals surface area (Å²) in [6, 6.07) is 2.19. The Hall–Kier alpha value is -1.01. The number of carbonyl (C=O) groups excluding carboxylic acids is 2. The quantitative estimate of drug-likeness (QED) is 0.836. The minimum Gasteiger partial charge on any atom is -0.334 e. The van der Waals surface area contributed by atoms with Crippen molar-refractivity contribution in [3.05, 3.63) is 22.4 Å². The zero-order chi connectivity index (χ0) is 14.8. The summed E-state index contributed by atoms with van der Waals surface area (Å²) in [6.07, 6.45) is 2.66. The summed E-state index contributed by atoms with van der Waals surface area (Å²) >= 11 is 3.34. The number of amides is 2. The second-order valence-corrected chi connectivity index (χ2v) is 7.34. The average Bonchev–Trinajstić information content (AvgIpc) is 3.02. The van der Waals surface area contributed by atoms with E-state index in [2.05, 4.69) is 11.4 Å². The van der Waals surface area contributed by atoms with E-state index in [9.17, 15) is 9.59 Å². The van der Waals surface area contributed by atoms with Crippen LogP contribution in [-0.2, 0) is 16.1 Å². The molecule has 1 aromatic heterocycles. The van der Waals surface area contributed by atoms with Crippen LogP contribution in [0.1, 0.15) is 31.7 Å². The largest absolute Gasteiger partial charge is 0.334 e. The van der Waals surface area contributed by atoms with Crippen molar-refractivity contribution in [2.24, 2.45) is 0 Å². The molecule has 6 heteroatoms. The lowest BCUT2D eigenvalue weighted by molar-refractivity contribution is -0.144. The van der Waals surface area contributed by atoms with E-state index in [1.165, 1.54) is 5.56 Å². The predicted molar refractivity (Wildman–Crippen MR) is 86.1 cm³/mol. The van der Waals surface area contributed by atoms with Gasteiger partial charge in [0.15, 0.2) is 0 Å². The Bertz CT molecular complexity index is 514. The molecule has 1 aliphatic heterocycles. The van der Waals surface area contributed by atoms with E-state index in [1.807, 2.05) is 17.2 Å². The number of thiophene rings is 1. The predicted octanol–water partition coefficient (Wildman–Crippen LogP) is 2.55. The Labute approximate surface area is 133 Å². The van der Waals surface area contributed by atoms with Crippen LogP contribution in [0, 0.1) is 0 Å². The van der Waals surface area contributed by atoms with E-state index in [4.69, 9.17) is 0 Å². The lowest BCUT2D eigenvalue weighted by Crippen LogP contribution is -2.49. The molecule has 2 heterocycles. The number of hydrogen-bond donors (Lipinski definition) is 0. The summed E-state index contributed by atoms with van der Waals surface area (Å²) in [5, 5.41) is 4.14. The zero-order valence-corrected chi connectivity index (χ0v) is 13.8. The van der Waals surface area contributed by atoms with Gasteiger partial charge in [-0.05, 0) is 35.2 Å². The van der Waals surface area contributed by atoms with Crippen LogP contribution in [0.3, 0.4) is 0 Å². The molecule has 21 heavy (non-hydrogen) atoms. The van der Waals surface area contributed by atoms with Crippen LogP contribution in [0.2, 0.25) is 0 Å². The molecule has 0 N–H and O–H groups in total. The zero-order valence-electron chi connectivity index (χ0n) is 12.2. The molecule has 2 aliphatic rings. The monoisotopic (exact) mass is 324 g/mol. The number of nitrogens with zero attached hydrogens (tertiary/aromatic N) is 2. The van der Waals surface area contributed by atoms with Crippen molar-refractivity contribution in [3.63, 3.8) is 0 Å². The summed E-state index contributed by atoms with van der Waals surface area (Å²) < 4.78 is 0. The Kier molecular flexibility index (Phi) is 4.54. The number of thioether (sulfide) groups is 1. The summed E-state index contributed by atoms with van der Waals surface area (Å²) in [7, 11) is 0. The second-order valence-electron chi connectivity index (χ2n) is 5.56. The van der Waals surface area contributed by atoms with Crippen LogP contribution >= 0.6 is 23.1 Å². The molecule has 1 aliphatic carbocycles. The van der Waals surface area contributed by atoms with Crippen molar-refractivity contribution in [3.8, 4) is 0 Å². The smallest absolute Gasteiger partial charge is 0.246 e. The third-order valence-electron chi connectivity index (χ3n) is 3.99. The van der Waals surface area contributed by atoms with Gasteiger partial charge >= 0.3 is 0 Å². The maximum Gasteiger partial charge on any atom is 0.246 e. The lowest BCUT2D eigenvalue weighted by Gasteiger charge is -2.29. The highest BCUT2D eigenvalue weighted by molar-refractivity contribution is 7.99. The molecule has 4 nitrogen and oxygen atoms in total. The topological polar surface area (TPSA) is 40.6 Å². The van der Waals surface area contributed by atoms with Gasteiger partial charge in [0.25, 0.3) is 0 Å². The van der Waals surface area contributed by atoms with Crippen molar-refractivity contribution in [1.29, 1.82) is 0 Å². The fourth-order valence-corrected chi connectivity index (χ4v) is 4.47. The molecule has 0 spiro atoms. The van der Waals surface area contributed by atoms with Gasteiger partial charge in [-0.3, -0.25) is 9.59 Å². The molecule has 1 unspecified atom stereocenters. The van der Waals surface area contributed by atoms with Gasteiger partial charge < -0.3 is 9.80 Å². The average molecular weight is 324 g/mol. The molecule has 114 valence electrons. The first kappa shape index (κ1) is 14.9. The molecular weight excluding hydrogens is 304 g/mol. The van der Waals surface area contributed by atoms with Crippen molar-refractivity contribution in [1.82, 2.24) is 9.80 Å². The van der Waals surface area contributed by atoms with Gasteiger partial charge in [0.2, 0.25) is 11.8 Å². The van der Waals surface area contributed by atoms with E-state index < -0.39 is 0 Å². The molecular formula is C15H20N2O2S2. The summed E-state index contributed by atoms with van der Waals surface area (Å²) in [6.45, 7) is 2.54. The maximum atomic E-state index is 12.9. The maximum absolute atomic E-state index is 12.9. The molecule has 2 amide bonds. The first-order valence-corrected chi connectivity index (χ1v) is 9.49.